The maximum atomic E-state index is 14.0. The molecule has 0 amide bonds. The topological polar surface area (TPSA) is 35.8 Å². The van der Waals surface area contributed by atoms with Crippen molar-refractivity contribution in [2.75, 3.05) is 5.32 Å². The molecule has 21 heavy (non-hydrogen) atoms. The van der Waals surface area contributed by atoms with Crippen molar-refractivity contribution in [1.82, 2.24) is 0 Å². The van der Waals surface area contributed by atoms with Crippen molar-refractivity contribution >= 4 is 33.7 Å². The number of hydrogen-bond donors (Lipinski definition) is 1. The second-order valence-corrected chi connectivity index (χ2v) is 4.95. The van der Waals surface area contributed by atoms with E-state index >= 15 is 0 Å². The quantitative estimate of drug-likeness (QED) is 0.701. The van der Waals surface area contributed by atoms with Crippen LogP contribution in [0.4, 0.5) is 15.8 Å². The maximum Gasteiger partial charge on any atom is 0.165 e. The van der Waals surface area contributed by atoms with Crippen LogP contribution in [0.15, 0.2) is 54.6 Å². The predicted molar refractivity (Wildman–Crippen MR) is 83.4 cm³/mol. The van der Waals surface area contributed by atoms with Crippen LogP contribution in [0.25, 0.3) is 10.8 Å². The monoisotopic (exact) mass is 296 g/mol. The van der Waals surface area contributed by atoms with Crippen LogP contribution in [0.1, 0.15) is 5.56 Å². The van der Waals surface area contributed by atoms with Gasteiger partial charge in [0.1, 0.15) is 0 Å². The van der Waals surface area contributed by atoms with E-state index in [1.807, 2.05) is 24.3 Å². The number of fused-ring (bicyclic) bond motifs is 1. The average Bonchev–Trinajstić information content (AvgIpc) is 2.52. The number of anilines is 2. The summed E-state index contributed by atoms with van der Waals surface area (Å²) in [5.41, 5.74) is 1.62. The molecule has 3 aromatic rings. The highest BCUT2D eigenvalue weighted by Gasteiger charge is 2.09. The Kier molecular flexibility index (Phi) is 3.47. The van der Waals surface area contributed by atoms with Crippen molar-refractivity contribution in [1.29, 1.82) is 5.26 Å². The van der Waals surface area contributed by atoms with Crippen molar-refractivity contribution in [2.24, 2.45) is 0 Å². The van der Waals surface area contributed by atoms with Gasteiger partial charge in [-0.1, -0.05) is 41.9 Å². The standard InChI is InChI=1S/C17H10ClFN2/c18-14-6-3-7-16(17(14)19)21-15-9-8-11(10-20)12-4-1-2-5-13(12)15/h1-9,21H. The highest BCUT2D eigenvalue weighted by molar-refractivity contribution is 6.31. The molecule has 0 bridgehead atoms. The Labute approximate surface area is 126 Å². The maximum absolute atomic E-state index is 14.0. The molecule has 2 nitrogen and oxygen atoms in total. The summed E-state index contributed by atoms with van der Waals surface area (Å²) in [4.78, 5) is 0. The minimum Gasteiger partial charge on any atom is -0.353 e. The first-order valence-electron chi connectivity index (χ1n) is 6.33. The molecule has 0 fully saturated rings. The lowest BCUT2D eigenvalue weighted by Gasteiger charge is -2.12. The number of rotatable bonds is 2. The van der Waals surface area contributed by atoms with Gasteiger partial charge in [-0.05, 0) is 24.3 Å². The highest BCUT2D eigenvalue weighted by atomic mass is 35.5. The van der Waals surface area contributed by atoms with Gasteiger partial charge in [0.25, 0.3) is 0 Å². The van der Waals surface area contributed by atoms with E-state index in [4.69, 9.17) is 16.9 Å². The zero-order valence-corrected chi connectivity index (χ0v) is 11.7. The molecule has 0 heterocycles. The molecular formula is C17H10ClFN2. The van der Waals surface area contributed by atoms with Gasteiger partial charge in [0.15, 0.2) is 5.82 Å². The normalized spacial score (nSPS) is 10.3. The number of nitrogens with one attached hydrogen (secondary N) is 1. The Morgan fingerprint density at radius 1 is 0.905 bits per heavy atom. The summed E-state index contributed by atoms with van der Waals surface area (Å²) < 4.78 is 14.0. The Bertz CT molecular complexity index is 868. The third-order valence-corrected chi connectivity index (χ3v) is 3.56. The van der Waals surface area contributed by atoms with Gasteiger partial charge in [-0.2, -0.15) is 5.26 Å². The summed E-state index contributed by atoms with van der Waals surface area (Å²) in [5.74, 6) is -0.493. The first-order valence-corrected chi connectivity index (χ1v) is 6.71. The molecule has 0 unspecified atom stereocenters. The minimum atomic E-state index is -0.493. The van der Waals surface area contributed by atoms with Crippen LogP contribution in [0.3, 0.4) is 0 Å². The molecule has 0 radical (unpaired) electrons. The molecule has 0 spiro atoms. The number of halogens is 2. The SMILES string of the molecule is N#Cc1ccc(Nc2cccc(Cl)c2F)c2ccccc12. The van der Waals surface area contributed by atoms with Gasteiger partial charge in [0.2, 0.25) is 0 Å². The van der Waals surface area contributed by atoms with E-state index in [0.29, 0.717) is 11.3 Å². The number of nitrogens with zero attached hydrogens (tertiary/aromatic N) is 1. The molecule has 0 atom stereocenters. The zero-order chi connectivity index (χ0) is 14.8. The Balaban J connectivity index is 2.14. The number of benzene rings is 3. The Hall–Kier alpha value is -2.57. The second kappa shape index (κ2) is 5.43. The van der Waals surface area contributed by atoms with Crippen LogP contribution in [-0.2, 0) is 0 Å². The second-order valence-electron chi connectivity index (χ2n) is 4.54. The van der Waals surface area contributed by atoms with E-state index in [0.717, 1.165) is 16.5 Å². The molecule has 0 aliphatic rings. The largest absolute Gasteiger partial charge is 0.353 e. The smallest absolute Gasteiger partial charge is 0.165 e. The van der Waals surface area contributed by atoms with Crippen LogP contribution in [-0.4, -0.2) is 0 Å². The van der Waals surface area contributed by atoms with E-state index in [9.17, 15) is 4.39 Å². The lowest BCUT2D eigenvalue weighted by Crippen LogP contribution is -1.96. The molecule has 1 N–H and O–H groups in total. The first-order chi connectivity index (χ1) is 10.2. The summed E-state index contributed by atoms with van der Waals surface area (Å²) >= 11 is 5.79. The van der Waals surface area contributed by atoms with Crippen LogP contribution in [0, 0.1) is 17.1 Å². The fraction of sp³-hybridized carbons (Fsp3) is 0. The van der Waals surface area contributed by atoms with Gasteiger partial charge in [-0.25, -0.2) is 4.39 Å². The molecule has 3 aromatic carbocycles. The highest BCUT2D eigenvalue weighted by Crippen LogP contribution is 2.31. The first kappa shape index (κ1) is 13.4. The van der Waals surface area contributed by atoms with Gasteiger partial charge in [-0.3, -0.25) is 0 Å². The molecular weight excluding hydrogens is 287 g/mol. The number of nitriles is 1. The summed E-state index contributed by atoms with van der Waals surface area (Å²) in [7, 11) is 0. The fourth-order valence-electron chi connectivity index (χ4n) is 2.25. The van der Waals surface area contributed by atoms with Gasteiger partial charge in [0, 0.05) is 16.5 Å². The van der Waals surface area contributed by atoms with Crippen molar-refractivity contribution in [3.8, 4) is 6.07 Å². The average molecular weight is 297 g/mol. The summed E-state index contributed by atoms with van der Waals surface area (Å²) in [5, 5.41) is 13.9. The van der Waals surface area contributed by atoms with Crippen molar-refractivity contribution in [3.63, 3.8) is 0 Å². The van der Waals surface area contributed by atoms with E-state index in [1.165, 1.54) is 6.07 Å². The lowest BCUT2D eigenvalue weighted by atomic mass is 10.0. The van der Waals surface area contributed by atoms with Crippen LogP contribution in [0.5, 0.6) is 0 Å². The third-order valence-electron chi connectivity index (χ3n) is 3.27. The van der Waals surface area contributed by atoms with E-state index in [2.05, 4.69) is 11.4 Å². The molecule has 0 saturated carbocycles. The van der Waals surface area contributed by atoms with Crippen LogP contribution < -0.4 is 5.32 Å². The molecule has 0 aliphatic carbocycles. The molecule has 3 rings (SSSR count). The van der Waals surface area contributed by atoms with E-state index < -0.39 is 5.82 Å². The van der Waals surface area contributed by atoms with Gasteiger partial charge in [-0.15, -0.1) is 0 Å². The van der Waals surface area contributed by atoms with Gasteiger partial charge in [0.05, 0.1) is 22.3 Å². The Morgan fingerprint density at radius 3 is 2.43 bits per heavy atom. The van der Waals surface area contributed by atoms with Gasteiger partial charge >= 0.3 is 0 Å². The van der Waals surface area contributed by atoms with Crippen LogP contribution in [0.2, 0.25) is 5.02 Å². The van der Waals surface area contributed by atoms with Crippen molar-refractivity contribution in [2.45, 2.75) is 0 Å². The molecule has 0 aromatic heterocycles. The third kappa shape index (κ3) is 2.42. The van der Waals surface area contributed by atoms with Gasteiger partial charge < -0.3 is 5.32 Å². The zero-order valence-electron chi connectivity index (χ0n) is 10.9. The van der Waals surface area contributed by atoms with Crippen molar-refractivity contribution in [3.05, 3.63) is 71.0 Å². The summed E-state index contributed by atoms with van der Waals surface area (Å²) in [6.07, 6.45) is 0. The van der Waals surface area contributed by atoms with E-state index in [1.54, 1.807) is 24.3 Å². The minimum absolute atomic E-state index is 0.0675. The Morgan fingerprint density at radius 2 is 1.67 bits per heavy atom. The van der Waals surface area contributed by atoms with Crippen molar-refractivity contribution < 1.29 is 4.39 Å². The molecule has 0 aliphatic heterocycles. The summed E-state index contributed by atoms with van der Waals surface area (Å²) in [6.45, 7) is 0. The fourth-order valence-corrected chi connectivity index (χ4v) is 2.43. The van der Waals surface area contributed by atoms with E-state index in [-0.39, 0.29) is 5.02 Å². The summed E-state index contributed by atoms with van der Waals surface area (Å²) in [6, 6.07) is 17.9. The molecule has 0 saturated heterocycles. The number of hydrogen-bond acceptors (Lipinski definition) is 2. The molecule has 4 heteroatoms. The molecule has 102 valence electrons. The lowest BCUT2D eigenvalue weighted by molar-refractivity contribution is 0.632. The van der Waals surface area contributed by atoms with Crippen LogP contribution >= 0.6 is 11.6 Å². The predicted octanol–water partition coefficient (Wildman–Crippen LogP) is 5.25.